The average Bonchev–Trinajstić information content (AvgIpc) is 3.38. The quantitative estimate of drug-likeness (QED) is 0.0745. The molecule has 4 rings (SSSR count). The number of thioether (sulfide) groups is 1. The van der Waals surface area contributed by atoms with Gasteiger partial charge in [0.2, 0.25) is 11.1 Å². The van der Waals surface area contributed by atoms with Crippen LogP contribution in [0.4, 0.5) is 5.95 Å². The second kappa shape index (κ2) is 15.5. The van der Waals surface area contributed by atoms with Crippen LogP contribution in [0.3, 0.4) is 0 Å². The number of hydrogen-bond donors (Lipinski definition) is 1. The van der Waals surface area contributed by atoms with Gasteiger partial charge in [0.05, 0.1) is 23.3 Å². The Kier molecular flexibility index (Phi) is 11.8. The number of halogens is 2. The molecule has 224 valence electrons. The van der Waals surface area contributed by atoms with Crippen LogP contribution in [0.1, 0.15) is 63.6 Å². The highest BCUT2D eigenvalue weighted by Crippen LogP contribution is 2.43. The Hall–Kier alpha value is -2.95. The van der Waals surface area contributed by atoms with Gasteiger partial charge in [0.15, 0.2) is 11.5 Å². The Morgan fingerprint density at radius 2 is 2.02 bits per heavy atom. The van der Waals surface area contributed by atoms with Crippen LogP contribution in [0.15, 0.2) is 70.0 Å². The summed E-state index contributed by atoms with van der Waals surface area (Å²) in [6.07, 6.45) is 5.94. The number of rotatable bonds is 15. The lowest BCUT2D eigenvalue weighted by Gasteiger charge is -2.29. The topological polar surface area (TPSA) is 87.5 Å². The van der Waals surface area contributed by atoms with Crippen LogP contribution in [0, 0.1) is 0 Å². The summed E-state index contributed by atoms with van der Waals surface area (Å²) in [5, 5.41) is 9.30. The number of aromatic nitrogens is 3. The predicted octanol–water partition coefficient (Wildman–Crippen LogP) is 8.36. The van der Waals surface area contributed by atoms with Gasteiger partial charge in [-0.2, -0.15) is 4.98 Å². The number of carbonyl (C=O) groups is 1. The number of anilines is 1. The summed E-state index contributed by atoms with van der Waals surface area (Å²) in [4.78, 5) is 18.1. The fraction of sp³-hybridized carbons (Fsp3) is 0.387. The molecular formula is C31H36BrClN4O4S. The molecule has 8 nitrogen and oxygen atoms in total. The summed E-state index contributed by atoms with van der Waals surface area (Å²) >= 11 is 11.5. The van der Waals surface area contributed by atoms with Crippen LogP contribution in [0.25, 0.3) is 0 Å². The molecule has 0 fully saturated rings. The standard InChI is InChI=1S/C31H36BrClN4O4S/c1-5-8-9-12-16-40-28-23(32)17-22(18-25(28)39-7-3)27-26(29(38)41-15-6-2)20(4)34-30-35-31(36-37(27)30)42-19-21-13-10-11-14-24(21)33/h6,10-11,13-14,17-18,27H,2,5,7-9,12,15-16,19H2,1,3-4H3,(H,34,35,36). The molecular weight excluding hydrogens is 640 g/mol. The van der Waals surface area contributed by atoms with Crippen LogP contribution in [0.2, 0.25) is 5.02 Å². The number of nitrogens with one attached hydrogen (secondary N) is 1. The Morgan fingerprint density at radius 3 is 2.76 bits per heavy atom. The summed E-state index contributed by atoms with van der Waals surface area (Å²) in [6, 6.07) is 10.9. The maximum absolute atomic E-state index is 13.4. The molecule has 2 heterocycles. The Bertz CT molecular complexity index is 1440. The van der Waals surface area contributed by atoms with Crippen LogP contribution in [-0.4, -0.2) is 40.6 Å². The van der Waals surface area contributed by atoms with Crippen molar-refractivity contribution in [3.63, 3.8) is 0 Å². The zero-order valence-electron chi connectivity index (χ0n) is 24.1. The molecule has 1 aliphatic rings. The molecule has 0 bridgehead atoms. The van der Waals surface area contributed by atoms with Crippen LogP contribution in [-0.2, 0) is 15.3 Å². The molecule has 1 atom stereocenters. The maximum Gasteiger partial charge on any atom is 0.338 e. The van der Waals surface area contributed by atoms with Crippen molar-refractivity contribution in [1.82, 2.24) is 14.8 Å². The van der Waals surface area contributed by atoms with Crippen molar-refractivity contribution >= 4 is 51.2 Å². The van der Waals surface area contributed by atoms with E-state index in [1.807, 2.05) is 50.2 Å². The number of carbonyl (C=O) groups excluding carboxylic acids is 1. The van der Waals surface area contributed by atoms with Gasteiger partial charge in [-0.05, 0) is 65.5 Å². The Labute approximate surface area is 265 Å². The van der Waals surface area contributed by atoms with Gasteiger partial charge in [-0.15, -0.1) is 5.10 Å². The van der Waals surface area contributed by atoms with Crippen LogP contribution >= 0.6 is 39.3 Å². The minimum atomic E-state index is -0.630. The van der Waals surface area contributed by atoms with Crippen molar-refractivity contribution in [2.45, 2.75) is 63.4 Å². The van der Waals surface area contributed by atoms with Crippen LogP contribution < -0.4 is 14.8 Å². The number of unbranched alkanes of at least 4 members (excludes halogenated alkanes) is 3. The van der Waals surface area contributed by atoms with E-state index in [9.17, 15) is 4.79 Å². The minimum Gasteiger partial charge on any atom is -0.490 e. The fourth-order valence-electron chi connectivity index (χ4n) is 4.59. The van der Waals surface area contributed by atoms with Gasteiger partial charge in [0.1, 0.15) is 12.6 Å². The smallest absolute Gasteiger partial charge is 0.338 e. The lowest BCUT2D eigenvalue weighted by Crippen LogP contribution is -2.29. The number of ether oxygens (including phenoxy) is 3. The highest BCUT2D eigenvalue weighted by molar-refractivity contribution is 9.10. The predicted molar refractivity (Wildman–Crippen MR) is 172 cm³/mol. The van der Waals surface area contributed by atoms with E-state index in [-0.39, 0.29) is 6.61 Å². The van der Waals surface area contributed by atoms with E-state index >= 15 is 0 Å². The van der Waals surface area contributed by atoms with Crippen molar-refractivity contribution in [2.24, 2.45) is 0 Å². The summed E-state index contributed by atoms with van der Waals surface area (Å²) in [5.41, 5.74) is 2.80. The van der Waals surface area contributed by atoms with E-state index in [1.54, 1.807) is 10.8 Å². The van der Waals surface area contributed by atoms with Crippen molar-refractivity contribution in [3.05, 3.63) is 80.9 Å². The Balaban J connectivity index is 1.72. The van der Waals surface area contributed by atoms with Crippen molar-refractivity contribution in [1.29, 1.82) is 0 Å². The highest BCUT2D eigenvalue weighted by atomic mass is 79.9. The lowest BCUT2D eigenvalue weighted by molar-refractivity contribution is -0.138. The average molecular weight is 676 g/mol. The zero-order valence-corrected chi connectivity index (χ0v) is 27.3. The molecule has 2 aromatic carbocycles. The first kappa shape index (κ1) is 32.0. The zero-order chi connectivity index (χ0) is 30.1. The number of hydrogen-bond acceptors (Lipinski definition) is 8. The molecule has 1 N–H and O–H groups in total. The molecule has 0 aliphatic carbocycles. The molecule has 1 aliphatic heterocycles. The molecule has 1 aromatic heterocycles. The van der Waals surface area contributed by atoms with E-state index < -0.39 is 12.0 Å². The van der Waals surface area contributed by atoms with Gasteiger partial charge in [0, 0.05) is 16.5 Å². The summed E-state index contributed by atoms with van der Waals surface area (Å²) in [5.74, 6) is 1.87. The van der Waals surface area contributed by atoms with Crippen molar-refractivity contribution in [2.75, 3.05) is 25.1 Å². The van der Waals surface area contributed by atoms with Crippen molar-refractivity contribution in [3.8, 4) is 11.5 Å². The molecule has 0 amide bonds. The van der Waals surface area contributed by atoms with Crippen LogP contribution in [0.5, 0.6) is 11.5 Å². The van der Waals surface area contributed by atoms with Gasteiger partial charge in [0.25, 0.3) is 0 Å². The second-order valence-electron chi connectivity index (χ2n) is 9.67. The summed E-state index contributed by atoms with van der Waals surface area (Å²) in [7, 11) is 0. The molecule has 42 heavy (non-hydrogen) atoms. The number of allylic oxidation sites excluding steroid dienone is 1. The van der Waals surface area contributed by atoms with Gasteiger partial charge < -0.3 is 19.5 Å². The summed E-state index contributed by atoms with van der Waals surface area (Å²) in [6.45, 7) is 10.7. The van der Waals surface area contributed by atoms with Gasteiger partial charge in [-0.1, -0.05) is 80.4 Å². The molecule has 1 unspecified atom stereocenters. The number of esters is 1. The van der Waals surface area contributed by atoms with Crippen molar-refractivity contribution < 1.29 is 19.0 Å². The van der Waals surface area contributed by atoms with Gasteiger partial charge in [-0.25, -0.2) is 9.48 Å². The number of benzene rings is 2. The Morgan fingerprint density at radius 1 is 1.21 bits per heavy atom. The first-order valence-corrected chi connectivity index (χ1v) is 16.2. The van der Waals surface area contributed by atoms with Gasteiger partial charge in [-0.3, -0.25) is 0 Å². The second-order valence-corrected chi connectivity index (χ2v) is 11.9. The molecule has 3 aromatic rings. The highest BCUT2D eigenvalue weighted by Gasteiger charge is 2.36. The molecule has 0 radical (unpaired) electrons. The monoisotopic (exact) mass is 674 g/mol. The minimum absolute atomic E-state index is 0.0875. The molecule has 0 spiro atoms. The largest absolute Gasteiger partial charge is 0.490 e. The van der Waals surface area contributed by atoms with E-state index in [0.717, 1.165) is 34.9 Å². The van der Waals surface area contributed by atoms with E-state index in [0.29, 0.717) is 57.9 Å². The third-order valence-electron chi connectivity index (χ3n) is 6.59. The normalized spacial score (nSPS) is 14.3. The molecule has 11 heteroatoms. The third kappa shape index (κ3) is 7.71. The third-order valence-corrected chi connectivity index (χ3v) is 8.44. The molecule has 0 saturated carbocycles. The lowest BCUT2D eigenvalue weighted by atomic mass is 9.95. The first-order chi connectivity index (χ1) is 20.4. The van der Waals surface area contributed by atoms with E-state index in [2.05, 4.69) is 34.7 Å². The number of fused-ring (bicyclic) bond motifs is 1. The summed E-state index contributed by atoms with van der Waals surface area (Å²) < 4.78 is 20.1. The number of nitrogens with zero attached hydrogens (tertiary/aromatic N) is 3. The van der Waals surface area contributed by atoms with E-state index in [1.165, 1.54) is 18.2 Å². The molecule has 0 saturated heterocycles. The van der Waals surface area contributed by atoms with Gasteiger partial charge >= 0.3 is 5.97 Å². The first-order valence-electron chi connectivity index (χ1n) is 14.0. The SMILES string of the molecule is C=CCOC(=O)C1=C(C)Nc2nc(SCc3ccccc3Cl)nn2C1c1cc(Br)c(OCCCCCC)c(OCC)c1. The maximum atomic E-state index is 13.4. The van der Waals surface area contributed by atoms with E-state index in [4.69, 9.17) is 35.9 Å². The fourth-order valence-corrected chi connectivity index (χ4v) is 6.28.